The number of sulfonamides is 1. The molecule has 7 heteroatoms. The quantitative estimate of drug-likeness (QED) is 0.745. The van der Waals surface area contributed by atoms with Crippen LogP contribution in [0, 0.1) is 6.92 Å². The summed E-state index contributed by atoms with van der Waals surface area (Å²) in [7, 11) is -0.0398. The number of hydrogen-bond donors (Lipinski definition) is 2. The van der Waals surface area contributed by atoms with E-state index in [9.17, 15) is 8.42 Å². The molecule has 0 unspecified atom stereocenters. The van der Waals surface area contributed by atoms with Gasteiger partial charge in [0.25, 0.3) is 0 Å². The number of halogens is 1. The smallest absolute Gasteiger partial charge is 0.240 e. The van der Waals surface area contributed by atoms with Crippen molar-refractivity contribution in [2.24, 2.45) is 0 Å². The second-order valence-corrected chi connectivity index (χ2v) is 5.72. The average molecular weight is 309 g/mol. The van der Waals surface area contributed by atoms with Crippen LogP contribution in [0.25, 0.3) is 0 Å². The molecule has 0 aliphatic heterocycles. The van der Waals surface area contributed by atoms with Crippen molar-refractivity contribution in [2.45, 2.75) is 18.2 Å². The molecule has 0 saturated heterocycles. The van der Waals surface area contributed by atoms with Gasteiger partial charge in [-0.25, -0.2) is 13.1 Å². The molecule has 5 nitrogen and oxygen atoms in total. The molecule has 1 rings (SSSR count). The van der Waals surface area contributed by atoms with E-state index in [1.807, 2.05) is 7.05 Å². The maximum Gasteiger partial charge on any atom is 0.240 e. The molecule has 0 amide bonds. The summed E-state index contributed by atoms with van der Waals surface area (Å²) in [6.45, 7) is 2.96. The normalized spacial score (nSPS) is 10.9. The van der Waals surface area contributed by atoms with Gasteiger partial charge < -0.3 is 10.1 Å². The molecule has 0 fully saturated rings. The Morgan fingerprint density at radius 3 is 2.47 bits per heavy atom. The molecule has 0 saturated carbocycles. The van der Waals surface area contributed by atoms with Crippen LogP contribution in [-0.2, 0) is 10.0 Å². The zero-order valence-electron chi connectivity index (χ0n) is 11.4. The van der Waals surface area contributed by atoms with Gasteiger partial charge in [-0.05, 0) is 50.7 Å². The second-order valence-electron chi connectivity index (χ2n) is 3.99. The van der Waals surface area contributed by atoms with Gasteiger partial charge in [0.05, 0.1) is 12.0 Å². The van der Waals surface area contributed by atoms with E-state index in [0.29, 0.717) is 22.8 Å². The van der Waals surface area contributed by atoms with E-state index >= 15 is 0 Å². The highest BCUT2D eigenvalue weighted by atomic mass is 35.5. The highest BCUT2D eigenvalue weighted by Gasteiger charge is 2.16. The van der Waals surface area contributed by atoms with Crippen molar-refractivity contribution in [1.29, 1.82) is 0 Å². The van der Waals surface area contributed by atoms with Crippen LogP contribution < -0.4 is 14.8 Å². The number of rotatable bonds is 7. The Morgan fingerprint density at radius 1 is 1.26 bits per heavy atom. The lowest BCUT2D eigenvalue weighted by atomic mass is 10.2. The van der Waals surface area contributed by atoms with Gasteiger partial charge in [-0.3, -0.25) is 0 Å². The molecule has 0 aliphatic rings. The van der Waals surface area contributed by atoms with Crippen molar-refractivity contribution in [2.75, 3.05) is 27.2 Å². The summed E-state index contributed by atoms with van der Waals surface area (Å²) in [5, 5.41) is 2.97. The molecule has 0 heterocycles. The third-order valence-corrected chi connectivity index (χ3v) is 4.19. The third kappa shape index (κ3) is 5.36. The number of ether oxygens (including phenoxy) is 1. The molecule has 110 valence electrons. The lowest BCUT2D eigenvalue weighted by Gasteiger charge is -2.10. The molecule has 0 spiro atoms. The number of nitrogens with one attached hydrogen (secondary N) is 2. The van der Waals surface area contributed by atoms with Crippen LogP contribution in [0.4, 0.5) is 0 Å². The van der Waals surface area contributed by atoms with Crippen LogP contribution in [0.2, 0.25) is 0 Å². The molecular formula is C12H21ClN2O3S. The van der Waals surface area contributed by atoms with Gasteiger partial charge in [-0.2, -0.15) is 0 Å². The molecule has 1 aromatic rings. The largest absolute Gasteiger partial charge is 0.497 e. The Hall–Kier alpha value is -0.820. The first-order chi connectivity index (χ1) is 8.51. The average Bonchev–Trinajstić information content (AvgIpc) is 2.34. The Bertz CT molecular complexity index is 492. The number of aryl methyl sites for hydroxylation is 1. The summed E-state index contributed by atoms with van der Waals surface area (Å²) < 4.78 is 31.7. The van der Waals surface area contributed by atoms with E-state index in [2.05, 4.69) is 10.0 Å². The third-order valence-electron chi connectivity index (χ3n) is 2.57. The number of methoxy groups -OCH3 is 1. The van der Waals surface area contributed by atoms with Crippen molar-refractivity contribution in [3.8, 4) is 5.75 Å². The zero-order valence-corrected chi connectivity index (χ0v) is 13.0. The Balaban J connectivity index is 0.00000324. The predicted octanol–water partition coefficient (Wildman–Crippen LogP) is 1.31. The summed E-state index contributed by atoms with van der Waals surface area (Å²) in [6.07, 6.45) is 0.755. The van der Waals surface area contributed by atoms with Gasteiger partial charge in [0.15, 0.2) is 0 Å². The van der Waals surface area contributed by atoms with Crippen LogP contribution in [0.3, 0.4) is 0 Å². The van der Waals surface area contributed by atoms with E-state index in [4.69, 9.17) is 4.74 Å². The summed E-state index contributed by atoms with van der Waals surface area (Å²) in [5.41, 5.74) is 0.676. The van der Waals surface area contributed by atoms with Crippen molar-refractivity contribution < 1.29 is 13.2 Å². The summed E-state index contributed by atoms with van der Waals surface area (Å²) in [5.74, 6) is 0.654. The Kier molecular flexibility index (Phi) is 8.01. The second kappa shape index (κ2) is 8.37. The van der Waals surface area contributed by atoms with Crippen LogP contribution >= 0.6 is 12.4 Å². The number of hydrogen-bond acceptors (Lipinski definition) is 4. The van der Waals surface area contributed by atoms with Crippen molar-refractivity contribution in [3.05, 3.63) is 23.8 Å². The lowest BCUT2D eigenvalue weighted by molar-refractivity contribution is 0.414. The zero-order chi connectivity index (χ0) is 13.6. The summed E-state index contributed by atoms with van der Waals surface area (Å²) in [4.78, 5) is 0.299. The Labute approximate surface area is 121 Å². The van der Waals surface area contributed by atoms with Gasteiger partial charge in [-0.1, -0.05) is 0 Å². The fourth-order valence-corrected chi connectivity index (χ4v) is 2.90. The maximum atomic E-state index is 12.0. The maximum absolute atomic E-state index is 12.0. The highest BCUT2D eigenvalue weighted by molar-refractivity contribution is 7.89. The van der Waals surface area contributed by atoms with Gasteiger partial charge in [0, 0.05) is 6.54 Å². The van der Waals surface area contributed by atoms with Crippen LogP contribution in [0.1, 0.15) is 12.0 Å². The molecule has 0 atom stereocenters. The minimum Gasteiger partial charge on any atom is -0.497 e. The van der Waals surface area contributed by atoms with E-state index in [1.54, 1.807) is 32.2 Å². The van der Waals surface area contributed by atoms with E-state index in [0.717, 1.165) is 13.0 Å². The Morgan fingerprint density at radius 2 is 1.95 bits per heavy atom. The van der Waals surface area contributed by atoms with Crippen LogP contribution in [0.15, 0.2) is 23.1 Å². The monoisotopic (exact) mass is 308 g/mol. The minimum absolute atomic E-state index is 0. The summed E-state index contributed by atoms with van der Waals surface area (Å²) in [6, 6.07) is 4.92. The van der Waals surface area contributed by atoms with Crippen molar-refractivity contribution in [3.63, 3.8) is 0 Å². The van der Waals surface area contributed by atoms with Gasteiger partial charge in [0.2, 0.25) is 10.0 Å². The van der Waals surface area contributed by atoms with Crippen molar-refractivity contribution >= 4 is 22.4 Å². The van der Waals surface area contributed by atoms with E-state index in [1.165, 1.54) is 0 Å². The fraction of sp³-hybridized carbons (Fsp3) is 0.500. The highest BCUT2D eigenvalue weighted by Crippen LogP contribution is 2.20. The first kappa shape index (κ1) is 18.2. The summed E-state index contributed by atoms with van der Waals surface area (Å²) >= 11 is 0. The number of benzene rings is 1. The van der Waals surface area contributed by atoms with Crippen molar-refractivity contribution in [1.82, 2.24) is 10.0 Å². The lowest BCUT2D eigenvalue weighted by Crippen LogP contribution is -2.27. The molecule has 0 aliphatic carbocycles. The SMILES string of the molecule is CNCCCNS(=O)(=O)c1ccc(OC)cc1C.Cl. The van der Waals surface area contributed by atoms with Crippen LogP contribution in [0.5, 0.6) is 5.75 Å². The molecule has 0 bridgehead atoms. The molecule has 19 heavy (non-hydrogen) atoms. The molecular weight excluding hydrogens is 288 g/mol. The first-order valence-electron chi connectivity index (χ1n) is 5.80. The van der Waals surface area contributed by atoms with Crippen LogP contribution in [-0.4, -0.2) is 35.7 Å². The predicted molar refractivity (Wildman–Crippen MR) is 78.7 cm³/mol. The molecule has 0 radical (unpaired) electrons. The van der Waals surface area contributed by atoms with E-state index < -0.39 is 10.0 Å². The fourth-order valence-electron chi connectivity index (χ4n) is 1.60. The molecule has 0 aromatic heterocycles. The van der Waals surface area contributed by atoms with Gasteiger partial charge >= 0.3 is 0 Å². The van der Waals surface area contributed by atoms with Gasteiger partial charge in [-0.15, -0.1) is 12.4 Å². The molecule has 1 aromatic carbocycles. The molecule has 2 N–H and O–H groups in total. The minimum atomic E-state index is -3.43. The van der Waals surface area contributed by atoms with E-state index in [-0.39, 0.29) is 12.4 Å². The first-order valence-corrected chi connectivity index (χ1v) is 7.28. The standard InChI is InChI=1S/C12H20N2O3S.ClH/c1-10-9-11(17-3)5-6-12(10)18(15,16)14-8-4-7-13-2;/h5-6,9,13-14H,4,7-8H2,1-3H3;1H. The van der Waals surface area contributed by atoms with Gasteiger partial charge in [0.1, 0.15) is 5.75 Å². The topological polar surface area (TPSA) is 67.4 Å².